The van der Waals surface area contributed by atoms with Crippen LogP contribution in [0.25, 0.3) is 11.0 Å². The highest BCUT2D eigenvalue weighted by atomic mass is 16.3. The maximum atomic E-state index is 12.6. The molecule has 2 amide bonds. The molecule has 2 aromatic heterocycles. The number of carbonyl (C=O) groups is 2. The van der Waals surface area contributed by atoms with Crippen molar-refractivity contribution in [1.82, 2.24) is 10.2 Å². The number of piperidine rings is 1. The van der Waals surface area contributed by atoms with Gasteiger partial charge in [0.25, 0.3) is 5.91 Å². The molecule has 1 unspecified atom stereocenters. The van der Waals surface area contributed by atoms with E-state index < -0.39 is 0 Å². The zero-order valence-electron chi connectivity index (χ0n) is 15.2. The number of para-hydroxylation sites is 1. The monoisotopic (exact) mass is 366 g/mol. The van der Waals surface area contributed by atoms with Gasteiger partial charge in [-0.05, 0) is 38.0 Å². The molecular weight excluding hydrogens is 344 g/mol. The molecule has 6 nitrogen and oxygen atoms in total. The third-order valence-electron chi connectivity index (χ3n) is 5.15. The molecule has 1 fully saturated rings. The van der Waals surface area contributed by atoms with Crippen LogP contribution < -0.4 is 5.32 Å². The molecule has 1 aliphatic heterocycles. The van der Waals surface area contributed by atoms with E-state index in [2.05, 4.69) is 5.32 Å². The molecular formula is C21H22N2O4. The first-order valence-electron chi connectivity index (χ1n) is 9.22. The van der Waals surface area contributed by atoms with Gasteiger partial charge in [-0.15, -0.1) is 0 Å². The molecule has 0 radical (unpaired) electrons. The molecule has 6 heteroatoms. The first-order chi connectivity index (χ1) is 13.1. The van der Waals surface area contributed by atoms with E-state index in [1.165, 1.54) is 12.5 Å². The second-order valence-corrected chi connectivity index (χ2v) is 7.00. The van der Waals surface area contributed by atoms with Crippen molar-refractivity contribution in [2.24, 2.45) is 5.92 Å². The van der Waals surface area contributed by atoms with Gasteiger partial charge in [-0.2, -0.15) is 0 Å². The Morgan fingerprint density at radius 1 is 1.19 bits per heavy atom. The van der Waals surface area contributed by atoms with Gasteiger partial charge in [0.05, 0.1) is 17.9 Å². The quantitative estimate of drug-likeness (QED) is 0.763. The first-order valence-corrected chi connectivity index (χ1v) is 9.22. The van der Waals surface area contributed by atoms with E-state index in [0.717, 1.165) is 16.7 Å². The Morgan fingerprint density at radius 3 is 2.67 bits per heavy atom. The van der Waals surface area contributed by atoms with Gasteiger partial charge in [0, 0.05) is 24.4 Å². The minimum Gasteiger partial charge on any atom is -0.472 e. The summed E-state index contributed by atoms with van der Waals surface area (Å²) in [7, 11) is 0. The third-order valence-corrected chi connectivity index (χ3v) is 5.15. The topological polar surface area (TPSA) is 75.7 Å². The molecule has 3 heterocycles. The highest BCUT2D eigenvalue weighted by Gasteiger charge is 2.29. The van der Waals surface area contributed by atoms with Gasteiger partial charge in [-0.3, -0.25) is 9.59 Å². The van der Waals surface area contributed by atoms with Crippen LogP contribution >= 0.6 is 0 Å². The van der Waals surface area contributed by atoms with Crippen LogP contribution in [0.15, 0.2) is 57.8 Å². The Kier molecular flexibility index (Phi) is 4.71. The lowest BCUT2D eigenvalue weighted by molar-refractivity contribution is -0.127. The number of carbonyl (C=O) groups excluding carboxylic acids is 2. The van der Waals surface area contributed by atoms with E-state index in [0.29, 0.717) is 31.5 Å². The molecule has 1 N–H and O–H groups in total. The Balaban J connectivity index is 1.33. The predicted octanol–water partition coefficient (Wildman–Crippen LogP) is 3.76. The molecule has 0 spiro atoms. The maximum Gasteiger partial charge on any atom is 0.257 e. The zero-order chi connectivity index (χ0) is 18.8. The molecule has 1 aliphatic rings. The van der Waals surface area contributed by atoms with E-state index in [1.807, 2.05) is 37.3 Å². The molecule has 27 heavy (non-hydrogen) atoms. The fourth-order valence-electron chi connectivity index (χ4n) is 3.53. The Hall–Kier alpha value is -3.02. The van der Waals surface area contributed by atoms with Crippen LogP contribution in [0.3, 0.4) is 0 Å². The smallest absolute Gasteiger partial charge is 0.257 e. The van der Waals surface area contributed by atoms with Crippen molar-refractivity contribution in [2.75, 3.05) is 13.1 Å². The molecule has 1 saturated heterocycles. The van der Waals surface area contributed by atoms with E-state index in [-0.39, 0.29) is 23.8 Å². The predicted molar refractivity (Wildman–Crippen MR) is 100 cm³/mol. The number of rotatable bonds is 4. The van der Waals surface area contributed by atoms with Gasteiger partial charge < -0.3 is 19.1 Å². The number of hydrogen-bond acceptors (Lipinski definition) is 4. The molecule has 0 bridgehead atoms. The largest absolute Gasteiger partial charge is 0.472 e. The average molecular weight is 366 g/mol. The summed E-state index contributed by atoms with van der Waals surface area (Å²) in [5.41, 5.74) is 1.37. The number of benzene rings is 1. The highest BCUT2D eigenvalue weighted by molar-refractivity contribution is 5.94. The first kappa shape index (κ1) is 17.4. The summed E-state index contributed by atoms with van der Waals surface area (Å²) < 4.78 is 10.8. The second-order valence-electron chi connectivity index (χ2n) is 7.00. The molecule has 1 aromatic carbocycles. The van der Waals surface area contributed by atoms with Gasteiger partial charge >= 0.3 is 0 Å². The summed E-state index contributed by atoms with van der Waals surface area (Å²) in [6, 6.07) is 11.2. The molecule has 0 aliphatic carbocycles. The summed E-state index contributed by atoms with van der Waals surface area (Å²) in [5, 5.41) is 4.07. The van der Waals surface area contributed by atoms with Crippen molar-refractivity contribution in [3.05, 3.63) is 60.2 Å². The summed E-state index contributed by atoms with van der Waals surface area (Å²) in [6.07, 6.45) is 4.26. The van der Waals surface area contributed by atoms with Gasteiger partial charge in [0.2, 0.25) is 5.91 Å². The van der Waals surface area contributed by atoms with Crippen LogP contribution in [0.4, 0.5) is 0 Å². The summed E-state index contributed by atoms with van der Waals surface area (Å²) in [4.78, 5) is 26.7. The lowest BCUT2D eigenvalue weighted by Crippen LogP contribution is -2.43. The SMILES string of the molecule is CC(NC(=O)C1CCN(C(=O)c2ccoc2)CC1)c1cc2ccccc2o1. The fraction of sp³-hybridized carbons (Fsp3) is 0.333. The van der Waals surface area contributed by atoms with Crippen molar-refractivity contribution < 1.29 is 18.4 Å². The molecule has 3 aromatic rings. The van der Waals surface area contributed by atoms with Gasteiger partial charge in [-0.1, -0.05) is 18.2 Å². The summed E-state index contributed by atoms with van der Waals surface area (Å²) >= 11 is 0. The number of amides is 2. The van der Waals surface area contributed by atoms with Crippen molar-refractivity contribution >= 4 is 22.8 Å². The van der Waals surface area contributed by atoms with E-state index in [9.17, 15) is 9.59 Å². The van der Waals surface area contributed by atoms with Crippen molar-refractivity contribution in [1.29, 1.82) is 0 Å². The number of hydrogen-bond donors (Lipinski definition) is 1. The lowest BCUT2D eigenvalue weighted by atomic mass is 9.95. The van der Waals surface area contributed by atoms with E-state index in [4.69, 9.17) is 8.83 Å². The Morgan fingerprint density at radius 2 is 1.96 bits per heavy atom. The van der Waals surface area contributed by atoms with Crippen LogP contribution in [-0.4, -0.2) is 29.8 Å². The normalized spacial score (nSPS) is 16.4. The minimum atomic E-state index is -0.199. The van der Waals surface area contributed by atoms with Crippen molar-refractivity contribution in [3.63, 3.8) is 0 Å². The average Bonchev–Trinajstić information content (AvgIpc) is 3.37. The van der Waals surface area contributed by atoms with E-state index >= 15 is 0 Å². The van der Waals surface area contributed by atoms with Crippen LogP contribution in [0.5, 0.6) is 0 Å². The third kappa shape index (κ3) is 3.60. The van der Waals surface area contributed by atoms with Gasteiger partial charge in [0.15, 0.2) is 0 Å². The van der Waals surface area contributed by atoms with Gasteiger partial charge in [0.1, 0.15) is 17.6 Å². The van der Waals surface area contributed by atoms with Crippen LogP contribution in [0.2, 0.25) is 0 Å². The van der Waals surface area contributed by atoms with Crippen molar-refractivity contribution in [2.45, 2.75) is 25.8 Å². The van der Waals surface area contributed by atoms with Crippen molar-refractivity contribution in [3.8, 4) is 0 Å². The second kappa shape index (κ2) is 7.31. The lowest BCUT2D eigenvalue weighted by Gasteiger charge is -2.31. The number of furan rings is 2. The zero-order valence-corrected chi connectivity index (χ0v) is 15.2. The molecule has 4 rings (SSSR count). The molecule has 1 atom stereocenters. The number of fused-ring (bicyclic) bond motifs is 1. The van der Waals surface area contributed by atoms with Gasteiger partial charge in [-0.25, -0.2) is 0 Å². The van der Waals surface area contributed by atoms with E-state index in [1.54, 1.807) is 11.0 Å². The molecule has 140 valence electrons. The summed E-state index contributed by atoms with van der Waals surface area (Å²) in [5.74, 6) is 0.624. The number of nitrogens with one attached hydrogen (secondary N) is 1. The fourth-order valence-corrected chi connectivity index (χ4v) is 3.53. The Bertz CT molecular complexity index is 903. The number of likely N-dealkylation sites (tertiary alicyclic amines) is 1. The van der Waals surface area contributed by atoms with Crippen LogP contribution in [0.1, 0.15) is 41.9 Å². The maximum absolute atomic E-state index is 12.6. The minimum absolute atomic E-state index is 0.0124. The number of nitrogens with zero attached hydrogens (tertiary/aromatic N) is 1. The Labute approximate surface area is 157 Å². The van der Waals surface area contributed by atoms with Crippen LogP contribution in [0, 0.1) is 5.92 Å². The molecule has 0 saturated carbocycles. The standard InChI is InChI=1S/C21H22N2O4/c1-14(19-12-16-4-2-3-5-18(16)27-19)22-20(24)15-6-9-23(10-7-15)21(25)17-8-11-26-13-17/h2-5,8,11-15H,6-7,9-10H2,1H3,(H,22,24). The summed E-state index contributed by atoms with van der Waals surface area (Å²) in [6.45, 7) is 3.06. The highest BCUT2D eigenvalue weighted by Crippen LogP contribution is 2.25. The van der Waals surface area contributed by atoms with Crippen LogP contribution in [-0.2, 0) is 4.79 Å².